The maximum Gasteiger partial charge on any atom is 0.276 e. The van der Waals surface area contributed by atoms with Crippen molar-refractivity contribution in [3.63, 3.8) is 0 Å². The molecule has 7 heteroatoms. The van der Waals surface area contributed by atoms with Gasteiger partial charge in [0.25, 0.3) is 17.7 Å². The van der Waals surface area contributed by atoms with Crippen molar-refractivity contribution in [1.82, 2.24) is 15.1 Å². The summed E-state index contributed by atoms with van der Waals surface area (Å²) in [6.45, 7) is 1.84. The van der Waals surface area contributed by atoms with Crippen LogP contribution < -0.4 is 10.6 Å². The number of aryl methyl sites for hydroxylation is 2. The molecule has 1 aromatic carbocycles. The van der Waals surface area contributed by atoms with Crippen LogP contribution in [-0.4, -0.2) is 27.5 Å². The number of rotatable bonds is 2. The average Bonchev–Trinajstić information content (AvgIpc) is 2.91. The minimum absolute atomic E-state index is 0.259. The first-order valence-electron chi connectivity index (χ1n) is 6.27. The molecule has 2 heterocycles. The van der Waals surface area contributed by atoms with Gasteiger partial charge >= 0.3 is 0 Å². The van der Waals surface area contributed by atoms with E-state index in [9.17, 15) is 14.4 Å². The Morgan fingerprint density at radius 1 is 1.19 bits per heavy atom. The Kier molecular flexibility index (Phi) is 2.83. The summed E-state index contributed by atoms with van der Waals surface area (Å²) < 4.78 is 1.60. The van der Waals surface area contributed by atoms with Gasteiger partial charge in [0, 0.05) is 18.4 Å². The van der Waals surface area contributed by atoms with Gasteiger partial charge in [-0.25, -0.2) is 0 Å². The number of anilines is 1. The third-order valence-corrected chi connectivity index (χ3v) is 3.34. The van der Waals surface area contributed by atoms with Gasteiger partial charge in [-0.3, -0.25) is 24.4 Å². The molecule has 0 unspecified atom stereocenters. The first kappa shape index (κ1) is 13.0. The van der Waals surface area contributed by atoms with Crippen molar-refractivity contribution in [2.24, 2.45) is 7.05 Å². The van der Waals surface area contributed by atoms with Gasteiger partial charge in [0.2, 0.25) is 0 Å². The fourth-order valence-electron chi connectivity index (χ4n) is 2.11. The Bertz CT molecular complexity index is 772. The molecular weight excluding hydrogens is 272 g/mol. The lowest BCUT2D eigenvalue weighted by Gasteiger charge is -2.04. The number of fused-ring (bicyclic) bond motifs is 1. The second-order valence-corrected chi connectivity index (χ2v) is 4.79. The first-order valence-corrected chi connectivity index (χ1v) is 6.27. The molecule has 2 aromatic rings. The molecule has 7 nitrogen and oxygen atoms in total. The number of benzene rings is 1. The SMILES string of the molecule is Cc1cc(C(=O)Nc2ccc3c(c2)C(=O)NC3=O)nn1C. The number of hydrogen-bond acceptors (Lipinski definition) is 4. The number of nitrogens with one attached hydrogen (secondary N) is 2. The van der Waals surface area contributed by atoms with Gasteiger partial charge < -0.3 is 5.32 Å². The molecular formula is C14H12N4O3. The molecule has 21 heavy (non-hydrogen) atoms. The second kappa shape index (κ2) is 4.55. The molecule has 0 saturated heterocycles. The highest BCUT2D eigenvalue weighted by Crippen LogP contribution is 2.20. The van der Waals surface area contributed by atoms with Crippen molar-refractivity contribution in [3.8, 4) is 0 Å². The molecule has 1 aliphatic heterocycles. The summed E-state index contributed by atoms with van der Waals surface area (Å²) in [4.78, 5) is 35.1. The lowest BCUT2D eigenvalue weighted by Crippen LogP contribution is -2.19. The molecule has 0 aliphatic carbocycles. The highest BCUT2D eigenvalue weighted by atomic mass is 16.2. The van der Waals surface area contributed by atoms with Gasteiger partial charge in [0.15, 0.2) is 5.69 Å². The number of carbonyl (C=O) groups excluding carboxylic acids is 3. The molecule has 0 saturated carbocycles. The van der Waals surface area contributed by atoms with Gasteiger partial charge in [0.05, 0.1) is 11.1 Å². The third kappa shape index (κ3) is 2.18. The zero-order valence-electron chi connectivity index (χ0n) is 11.4. The number of imide groups is 1. The van der Waals surface area contributed by atoms with E-state index in [1.165, 1.54) is 12.1 Å². The van der Waals surface area contributed by atoms with Crippen LogP contribution >= 0.6 is 0 Å². The van der Waals surface area contributed by atoms with Crippen molar-refractivity contribution in [2.45, 2.75) is 6.92 Å². The van der Waals surface area contributed by atoms with E-state index >= 15 is 0 Å². The lowest BCUT2D eigenvalue weighted by atomic mass is 10.1. The summed E-state index contributed by atoms with van der Waals surface area (Å²) in [5.41, 5.74) is 2.16. The van der Waals surface area contributed by atoms with Crippen LogP contribution in [0.2, 0.25) is 0 Å². The Morgan fingerprint density at radius 3 is 2.57 bits per heavy atom. The van der Waals surface area contributed by atoms with Gasteiger partial charge in [-0.1, -0.05) is 0 Å². The fourth-order valence-corrected chi connectivity index (χ4v) is 2.11. The zero-order valence-corrected chi connectivity index (χ0v) is 11.4. The number of aromatic nitrogens is 2. The van der Waals surface area contributed by atoms with Gasteiger partial charge in [0.1, 0.15) is 0 Å². The van der Waals surface area contributed by atoms with Crippen LogP contribution in [0.4, 0.5) is 5.69 Å². The highest BCUT2D eigenvalue weighted by molar-refractivity contribution is 6.22. The molecule has 0 fully saturated rings. The van der Waals surface area contributed by atoms with E-state index in [4.69, 9.17) is 0 Å². The van der Waals surface area contributed by atoms with E-state index < -0.39 is 11.8 Å². The largest absolute Gasteiger partial charge is 0.321 e. The Balaban J connectivity index is 1.86. The van der Waals surface area contributed by atoms with Gasteiger partial charge in [-0.05, 0) is 31.2 Å². The average molecular weight is 284 g/mol. The van der Waals surface area contributed by atoms with Crippen LogP contribution in [0.3, 0.4) is 0 Å². The standard InChI is InChI=1S/C14H12N4O3/c1-7-5-11(17-18(7)2)14(21)15-8-3-4-9-10(6-8)13(20)16-12(9)19/h3-6H,1-2H3,(H,15,21)(H,16,19,20). The molecule has 3 amide bonds. The van der Waals surface area contributed by atoms with Crippen LogP contribution in [-0.2, 0) is 7.05 Å². The Morgan fingerprint density at radius 2 is 1.90 bits per heavy atom. The van der Waals surface area contributed by atoms with Crippen LogP contribution in [0.5, 0.6) is 0 Å². The molecule has 0 bridgehead atoms. The van der Waals surface area contributed by atoms with E-state index in [1.807, 2.05) is 6.92 Å². The van der Waals surface area contributed by atoms with Gasteiger partial charge in [-0.2, -0.15) is 5.10 Å². The Hall–Kier alpha value is -2.96. The minimum atomic E-state index is -0.459. The van der Waals surface area contributed by atoms with Gasteiger partial charge in [-0.15, -0.1) is 0 Å². The smallest absolute Gasteiger partial charge is 0.276 e. The molecule has 0 atom stereocenters. The monoisotopic (exact) mass is 284 g/mol. The molecule has 106 valence electrons. The van der Waals surface area contributed by atoms with Crippen molar-refractivity contribution in [3.05, 3.63) is 46.8 Å². The zero-order chi connectivity index (χ0) is 15.1. The summed E-state index contributed by atoms with van der Waals surface area (Å²) in [7, 11) is 1.75. The van der Waals surface area contributed by atoms with Crippen molar-refractivity contribution >= 4 is 23.4 Å². The number of hydrogen-bond donors (Lipinski definition) is 2. The highest BCUT2D eigenvalue weighted by Gasteiger charge is 2.26. The van der Waals surface area contributed by atoms with E-state index in [1.54, 1.807) is 23.9 Å². The Labute approximate surface area is 119 Å². The maximum atomic E-state index is 12.1. The molecule has 3 rings (SSSR count). The number of carbonyl (C=O) groups is 3. The summed E-state index contributed by atoms with van der Waals surface area (Å²) in [6.07, 6.45) is 0. The molecule has 0 spiro atoms. The summed E-state index contributed by atoms with van der Waals surface area (Å²) in [6, 6.07) is 6.22. The summed E-state index contributed by atoms with van der Waals surface area (Å²) in [5.74, 6) is -1.25. The number of nitrogens with zero attached hydrogens (tertiary/aromatic N) is 2. The normalized spacial score (nSPS) is 13.0. The topological polar surface area (TPSA) is 93.1 Å². The molecule has 0 radical (unpaired) electrons. The predicted octanol–water partition coefficient (Wildman–Crippen LogP) is 0.864. The molecule has 1 aromatic heterocycles. The van der Waals surface area contributed by atoms with Crippen molar-refractivity contribution in [2.75, 3.05) is 5.32 Å². The van der Waals surface area contributed by atoms with E-state index in [0.29, 0.717) is 11.3 Å². The fraction of sp³-hybridized carbons (Fsp3) is 0.143. The maximum absolute atomic E-state index is 12.1. The molecule has 1 aliphatic rings. The van der Waals surface area contributed by atoms with Crippen LogP contribution in [0.15, 0.2) is 24.3 Å². The van der Waals surface area contributed by atoms with E-state index in [0.717, 1.165) is 5.69 Å². The summed E-state index contributed by atoms with van der Waals surface area (Å²) >= 11 is 0. The summed E-state index contributed by atoms with van der Waals surface area (Å²) in [5, 5.41) is 8.93. The quantitative estimate of drug-likeness (QED) is 0.800. The van der Waals surface area contributed by atoms with E-state index in [2.05, 4.69) is 15.7 Å². The van der Waals surface area contributed by atoms with Crippen LogP contribution in [0, 0.1) is 6.92 Å². The van der Waals surface area contributed by atoms with Crippen molar-refractivity contribution < 1.29 is 14.4 Å². The van der Waals surface area contributed by atoms with Crippen LogP contribution in [0.1, 0.15) is 36.9 Å². The number of amides is 3. The first-order chi connectivity index (χ1) is 9.95. The second-order valence-electron chi connectivity index (χ2n) is 4.79. The minimum Gasteiger partial charge on any atom is -0.321 e. The predicted molar refractivity (Wildman–Crippen MR) is 74.1 cm³/mol. The van der Waals surface area contributed by atoms with Crippen LogP contribution in [0.25, 0.3) is 0 Å². The molecule has 2 N–H and O–H groups in total. The third-order valence-electron chi connectivity index (χ3n) is 3.34. The van der Waals surface area contributed by atoms with E-state index in [-0.39, 0.29) is 17.2 Å². The van der Waals surface area contributed by atoms with Crippen molar-refractivity contribution in [1.29, 1.82) is 0 Å². The lowest BCUT2D eigenvalue weighted by molar-refractivity contribution is 0.0878.